The zero-order valence-corrected chi connectivity index (χ0v) is 12.9. The monoisotopic (exact) mass is 294 g/mol. The molecule has 2 aliphatic rings. The summed E-state index contributed by atoms with van der Waals surface area (Å²) in [6.07, 6.45) is 4.72. The van der Waals surface area contributed by atoms with E-state index in [1.807, 2.05) is 0 Å². The van der Waals surface area contributed by atoms with E-state index in [1.54, 1.807) is 0 Å². The van der Waals surface area contributed by atoms with E-state index >= 15 is 0 Å². The third kappa shape index (κ3) is 2.61. The Balaban J connectivity index is 1.47. The molecule has 3 nitrogen and oxygen atoms in total. The molecule has 3 heteroatoms. The quantitative estimate of drug-likeness (QED) is 0.636. The maximum atomic E-state index is 5.59. The van der Waals surface area contributed by atoms with E-state index in [4.69, 9.17) is 4.84 Å². The Morgan fingerprint density at radius 3 is 2.77 bits per heavy atom. The van der Waals surface area contributed by atoms with Gasteiger partial charge in [0.2, 0.25) is 0 Å². The van der Waals surface area contributed by atoms with Crippen LogP contribution in [-0.2, 0) is 11.3 Å². The molecule has 0 aromatic heterocycles. The van der Waals surface area contributed by atoms with Crippen molar-refractivity contribution in [3.63, 3.8) is 0 Å². The fraction of sp³-hybridized carbons (Fsp3) is 0.421. The average molecular weight is 294 g/mol. The van der Waals surface area contributed by atoms with E-state index in [0.29, 0.717) is 6.61 Å². The van der Waals surface area contributed by atoms with Crippen LogP contribution >= 0.6 is 0 Å². The van der Waals surface area contributed by atoms with E-state index in [2.05, 4.69) is 46.5 Å². The lowest BCUT2D eigenvalue weighted by Gasteiger charge is -2.12. The minimum Gasteiger partial charge on any atom is -0.394 e. The minimum absolute atomic E-state index is 0.701. The average Bonchev–Trinajstić information content (AvgIpc) is 3.21. The van der Waals surface area contributed by atoms with Crippen LogP contribution in [0.2, 0.25) is 0 Å². The van der Waals surface area contributed by atoms with Crippen LogP contribution in [0, 0.1) is 0 Å². The molecule has 0 N–H and O–H groups in total. The van der Waals surface area contributed by atoms with Crippen molar-refractivity contribution in [3.8, 4) is 0 Å². The molecule has 0 amide bonds. The van der Waals surface area contributed by atoms with Gasteiger partial charge < -0.3 is 4.84 Å². The van der Waals surface area contributed by atoms with Crippen LogP contribution in [-0.4, -0.2) is 36.9 Å². The lowest BCUT2D eigenvalue weighted by molar-refractivity contribution is 0.118. The first-order chi connectivity index (χ1) is 10.9. The fourth-order valence-electron chi connectivity index (χ4n) is 3.65. The molecule has 0 bridgehead atoms. The van der Waals surface area contributed by atoms with E-state index in [9.17, 15) is 0 Å². The van der Waals surface area contributed by atoms with Crippen molar-refractivity contribution in [3.05, 3.63) is 47.5 Å². The molecule has 1 heterocycles. The van der Waals surface area contributed by atoms with Crippen LogP contribution in [0.3, 0.4) is 0 Å². The van der Waals surface area contributed by atoms with Crippen molar-refractivity contribution in [2.75, 3.05) is 26.2 Å². The van der Waals surface area contributed by atoms with Crippen molar-refractivity contribution in [2.45, 2.75) is 25.7 Å². The van der Waals surface area contributed by atoms with Gasteiger partial charge in [-0.25, -0.2) is 0 Å². The maximum Gasteiger partial charge on any atom is 0.129 e. The van der Waals surface area contributed by atoms with Crippen LogP contribution in [0.5, 0.6) is 0 Å². The van der Waals surface area contributed by atoms with Crippen molar-refractivity contribution >= 4 is 16.5 Å². The molecule has 2 aromatic carbocycles. The van der Waals surface area contributed by atoms with Gasteiger partial charge in [-0.3, -0.25) is 4.90 Å². The summed E-state index contributed by atoms with van der Waals surface area (Å²) < 4.78 is 0. The molecule has 1 fully saturated rings. The summed E-state index contributed by atoms with van der Waals surface area (Å²) in [5.41, 5.74) is 3.82. The van der Waals surface area contributed by atoms with E-state index < -0.39 is 0 Å². The molecular weight excluding hydrogens is 272 g/mol. The Labute approximate surface area is 131 Å². The highest BCUT2D eigenvalue weighted by molar-refractivity contribution is 6.08. The second-order valence-corrected chi connectivity index (χ2v) is 6.23. The van der Waals surface area contributed by atoms with Crippen LogP contribution in [0.4, 0.5) is 0 Å². The Bertz CT molecular complexity index is 702. The SMILES string of the molecule is c1ccc2c3c(ccc2c1)C(=NOCCN1CCCC1)CC3. The molecule has 2 aromatic rings. The predicted molar refractivity (Wildman–Crippen MR) is 90.4 cm³/mol. The van der Waals surface area contributed by atoms with Crippen LogP contribution < -0.4 is 0 Å². The van der Waals surface area contributed by atoms with E-state index in [1.165, 1.54) is 47.8 Å². The summed E-state index contributed by atoms with van der Waals surface area (Å²) in [6.45, 7) is 4.14. The second-order valence-electron chi connectivity index (χ2n) is 6.23. The first kappa shape index (κ1) is 13.8. The maximum absolute atomic E-state index is 5.59. The van der Waals surface area contributed by atoms with E-state index in [-0.39, 0.29) is 0 Å². The molecular formula is C19H22N2O. The van der Waals surface area contributed by atoms with Gasteiger partial charge in [0.25, 0.3) is 0 Å². The molecule has 1 aliphatic heterocycles. The highest BCUT2D eigenvalue weighted by atomic mass is 16.6. The third-order valence-corrected chi connectivity index (χ3v) is 4.84. The van der Waals surface area contributed by atoms with Crippen molar-refractivity contribution < 1.29 is 4.84 Å². The zero-order chi connectivity index (χ0) is 14.8. The number of rotatable bonds is 4. The van der Waals surface area contributed by atoms with Gasteiger partial charge in [-0.1, -0.05) is 41.6 Å². The predicted octanol–water partition coefficient (Wildman–Crippen LogP) is 3.60. The third-order valence-electron chi connectivity index (χ3n) is 4.84. The fourth-order valence-corrected chi connectivity index (χ4v) is 3.65. The summed E-state index contributed by atoms with van der Waals surface area (Å²) in [6, 6.07) is 13.0. The molecule has 0 spiro atoms. The Hall–Kier alpha value is -1.87. The number of aryl methyl sites for hydroxylation is 1. The molecule has 114 valence electrons. The molecule has 22 heavy (non-hydrogen) atoms. The molecule has 0 atom stereocenters. The topological polar surface area (TPSA) is 24.8 Å². The van der Waals surface area contributed by atoms with Crippen molar-refractivity contribution in [1.29, 1.82) is 0 Å². The van der Waals surface area contributed by atoms with Gasteiger partial charge in [0.15, 0.2) is 0 Å². The number of hydrogen-bond donors (Lipinski definition) is 0. The van der Waals surface area contributed by atoms with Gasteiger partial charge in [-0.2, -0.15) is 0 Å². The lowest BCUT2D eigenvalue weighted by atomic mass is 10.0. The Morgan fingerprint density at radius 2 is 1.86 bits per heavy atom. The van der Waals surface area contributed by atoms with Gasteiger partial charge in [0, 0.05) is 12.1 Å². The van der Waals surface area contributed by atoms with Crippen LogP contribution in [0.15, 0.2) is 41.6 Å². The highest BCUT2D eigenvalue weighted by Gasteiger charge is 2.20. The van der Waals surface area contributed by atoms with Crippen molar-refractivity contribution in [1.82, 2.24) is 4.90 Å². The van der Waals surface area contributed by atoms with Gasteiger partial charge in [-0.05, 0) is 55.1 Å². The summed E-state index contributed by atoms with van der Waals surface area (Å²) >= 11 is 0. The smallest absolute Gasteiger partial charge is 0.129 e. The summed E-state index contributed by atoms with van der Waals surface area (Å²) in [5, 5.41) is 7.10. The van der Waals surface area contributed by atoms with Gasteiger partial charge >= 0.3 is 0 Å². The van der Waals surface area contributed by atoms with Crippen molar-refractivity contribution in [2.24, 2.45) is 5.16 Å². The van der Waals surface area contributed by atoms with Gasteiger partial charge in [0.1, 0.15) is 6.61 Å². The first-order valence-electron chi connectivity index (χ1n) is 8.34. The second kappa shape index (κ2) is 6.09. The summed E-state index contributed by atoms with van der Waals surface area (Å²) in [4.78, 5) is 8.05. The zero-order valence-electron chi connectivity index (χ0n) is 12.9. The van der Waals surface area contributed by atoms with Crippen LogP contribution in [0.25, 0.3) is 10.8 Å². The normalized spacial score (nSPS) is 19.9. The number of likely N-dealkylation sites (tertiary alicyclic amines) is 1. The molecule has 0 radical (unpaired) electrons. The summed E-state index contributed by atoms with van der Waals surface area (Å²) in [5.74, 6) is 0. The van der Waals surface area contributed by atoms with Gasteiger partial charge in [-0.15, -0.1) is 0 Å². The highest BCUT2D eigenvalue weighted by Crippen LogP contribution is 2.30. The minimum atomic E-state index is 0.701. The molecule has 1 aliphatic carbocycles. The van der Waals surface area contributed by atoms with E-state index in [0.717, 1.165) is 25.1 Å². The number of nitrogens with zero attached hydrogens (tertiary/aromatic N) is 2. The number of oxime groups is 1. The lowest BCUT2D eigenvalue weighted by Crippen LogP contribution is -2.23. The molecule has 1 saturated heterocycles. The Morgan fingerprint density at radius 1 is 1.00 bits per heavy atom. The van der Waals surface area contributed by atoms with Gasteiger partial charge in [0.05, 0.1) is 5.71 Å². The number of fused-ring (bicyclic) bond motifs is 3. The molecule has 0 unspecified atom stereocenters. The largest absolute Gasteiger partial charge is 0.394 e. The molecule has 0 saturated carbocycles. The first-order valence-corrected chi connectivity index (χ1v) is 8.34. The summed E-state index contributed by atoms with van der Waals surface area (Å²) in [7, 11) is 0. The Kier molecular flexibility index (Phi) is 3.81. The number of benzene rings is 2. The van der Waals surface area contributed by atoms with Crippen LogP contribution in [0.1, 0.15) is 30.4 Å². The standard InChI is InChI=1S/C19H22N2O/c1-2-6-16-15(5-1)7-8-18-17(16)9-10-19(18)20-22-14-13-21-11-3-4-12-21/h1-2,5-8H,3-4,9-14H2. The number of hydrogen-bond acceptors (Lipinski definition) is 3. The molecule has 4 rings (SSSR count).